The van der Waals surface area contributed by atoms with Crippen LogP contribution in [0.15, 0.2) is 18.2 Å². The van der Waals surface area contributed by atoms with Gasteiger partial charge in [0.1, 0.15) is 0 Å². The average Bonchev–Trinajstić information content (AvgIpc) is 3.17. The molecule has 9 heteroatoms. The molecule has 0 aliphatic carbocycles. The lowest BCUT2D eigenvalue weighted by atomic mass is 9.88. The van der Waals surface area contributed by atoms with Gasteiger partial charge in [-0.05, 0) is 68.3 Å². The van der Waals surface area contributed by atoms with Gasteiger partial charge >= 0.3 is 0 Å². The third kappa shape index (κ3) is 5.52. The van der Waals surface area contributed by atoms with E-state index < -0.39 is 0 Å². The number of hydrogen-bond acceptors (Lipinski definition) is 5. The van der Waals surface area contributed by atoms with Crippen LogP contribution >= 0.6 is 0 Å². The second-order valence-corrected chi connectivity index (χ2v) is 9.37. The van der Waals surface area contributed by atoms with E-state index in [1.807, 2.05) is 11.7 Å². The number of aryl methyl sites for hydroxylation is 1. The largest absolute Gasteiger partial charge is 0.359 e. The summed E-state index contributed by atoms with van der Waals surface area (Å²) in [6.45, 7) is 4.67. The molecular weight excluding hydrogens is 423 g/mol. The molecule has 2 aliphatic heterocycles. The Bertz CT molecular complexity index is 963. The molecule has 0 unspecified atom stereocenters. The molecule has 2 saturated heterocycles. The Labute approximate surface area is 194 Å². The highest BCUT2D eigenvalue weighted by molar-refractivity contribution is 5.96. The van der Waals surface area contributed by atoms with Gasteiger partial charge in [0.25, 0.3) is 0 Å². The summed E-state index contributed by atoms with van der Waals surface area (Å²) in [6, 6.07) is 6.41. The topological polar surface area (TPSA) is 73.7 Å². The summed E-state index contributed by atoms with van der Waals surface area (Å²) in [5, 5.41) is 9.02. The van der Waals surface area contributed by atoms with Crippen molar-refractivity contribution in [3.63, 3.8) is 0 Å². The van der Waals surface area contributed by atoms with Gasteiger partial charge in [0.2, 0.25) is 12.3 Å². The predicted molar refractivity (Wildman–Crippen MR) is 127 cm³/mol. The Morgan fingerprint density at radius 2 is 1.94 bits per heavy atom. The summed E-state index contributed by atoms with van der Waals surface area (Å²) in [7, 11) is 3.48. The summed E-state index contributed by atoms with van der Waals surface area (Å²) in [4.78, 5) is 27.3. The van der Waals surface area contributed by atoms with Crippen molar-refractivity contribution >= 4 is 29.0 Å². The number of fused-ring (bicyclic) bond motifs is 1. The highest BCUT2D eigenvalue weighted by atomic mass is 19.2. The zero-order valence-corrected chi connectivity index (χ0v) is 19.7. The molecule has 2 aliphatic rings. The number of halogens is 1. The third-order valence-electron chi connectivity index (χ3n) is 7.25. The zero-order valence-electron chi connectivity index (χ0n) is 19.7. The van der Waals surface area contributed by atoms with Gasteiger partial charge in [-0.15, -0.1) is 9.60 Å². The lowest BCUT2D eigenvalue weighted by Gasteiger charge is -2.36. The minimum atomic E-state index is -0.108. The Morgan fingerprint density at radius 3 is 2.61 bits per heavy atom. The van der Waals surface area contributed by atoms with E-state index in [0.717, 1.165) is 67.8 Å². The quantitative estimate of drug-likeness (QED) is 0.486. The number of carbonyl (C=O) groups excluding carboxylic acids is 2. The van der Waals surface area contributed by atoms with Gasteiger partial charge in [-0.25, -0.2) is 0 Å². The first kappa shape index (κ1) is 23.6. The number of carbonyl (C=O) groups is 2. The molecule has 1 aromatic carbocycles. The van der Waals surface area contributed by atoms with Crippen molar-refractivity contribution in [2.24, 2.45) is 13.0 Å². The van der Waals surface area contributed by atoms with Crippen molar-refractivity contribution in [1.82, 2.24) is 25.1 Å². The zero-order chi connectivity index (χ0) is 23.4. The van der Waals surface area contributed by atoms with E-state index in [1.54, 1.807) is 7.05 Å². The number of hydrogen-bond donors (Lipinski definition) is 1. The molecule has 0 bridgehead atoms. The van der Waals surface area contributed by atoms with E-state index in [-0.39, 0.29) is 12.3 Å². The van der Waals surface area contributed by atoms with Crippen molar-refractivity contribution in [3.05, 3.63) is 23.8 Å². The van der Waals surface area contributed by atoms with Crippen LogP contribution in [0.2, 0.25) is 0 Å². The summed E-state index contributed by atoms with van der Waals surface area (Å²) < 4.78 is 15.1. The maximum atomic E-state index is 13.2. The molecule has 8 nitrogen and oxygen atoms in total. The van der Waals surface area contributed by atoms with Gasteiger partial charge in [0, 0.05) is 52.1 Å². The molecule has 0 atom stereocenters. The molecule has 4 rings (SSSR count). The van der Waals surface area contributed by atoms with Gasteiger partial charge in [-0.2, -0.15) is 5.10 Å². The number of anilines is 1. The molecule has 0 saturated carbocycles. The summed E-state index contributed by atoms with van der Waals surface area (Å²) >= 11 is 0. The van der Waals surface area contributed by atoms with E-state index in [0.29, 0.717) is 37.3 Å². The van der Waals surface area contributed by atoms with Gasteiger partial charge in [-0.3, -0.25) is 19.2 Å². The molecule has 2 amide bonds. The fourth-order valence-electron chi connectivity index (χ4n) is 5.17. The fraction of sp³-hybridized carbons (Fsp3) is 0.625. The minimum Gasteiger partial charge on any atom is -0.359 e. The summed E-state index contributed by atoms with van der Waals surface area (Å²) in [5.41, 5.74) is 2.31. The summed E-state index contributed by atoms with van der Waals surface area (Å²) in [6.07, 6.45) is 5.12. The Balaban J connectivity index is 1.40. The second-order valence-electron chi connectivity index (χ2n) is 9.37. The van der Waals surface area contributed by atoms with E-state index in [4.69, 9.17) is 0 Å². The molecule has 3 heterocycles. The number of aromatic nitrogens is 2. The molecule has 1 N–H and O–H groups in total. The lowest BCUT2D eigenvalue weighted by Crippen LogP contribution is -2.39. The maximum Gasteiger partial charge on any atom is 0.221 e. The van der Waals surface area contributed by atoms with Gasteiger partial charge in [-0.1, -0.05) is 6.07 Å². The molecule has 180 valence electrons. The van der Waals surface area contributed by atoms with Crippen LogP contribution in [0.3, 0.4) is 0 Å². The highest BCUT2D eigenvalue weighted by Crippen LogP contribution is 2.33. The number of amides is 2. The Morgan fingerprint density at radius 1 is 1.21 bits per heavy atom. The van der Waals surface area contributed by atoms with Crippen molar-refractivity contribution in [2.75, 3.05) is 51.2 Å². The van der Waals surface area contributed by atoms with Crippen molar-refractivity contribution < 1.29 is 14.1 Å². The first-order valence-corrected chi connectivity index (χ1v) is 12.0. The molecule has 0 spiro atoms. The van der Waals surface area contributed by atoms with Crippen LogP contribution in [0, 0.1) is 5.92 Å². The normalized spacial score (nSPS) is 19.1. The van der Waals surface area contributed by atoms with Crippen molar-refractivity contribution in [1.29, 1.82) is 0 Å². The second kappa shape index (κ2) is 10.6. The molecule has 2 aromatic rings. The van der Waals surface area contributed by atoms with Crippen molar-refractivity contribution in [2.45, 2.75) is 38.0 Å². The van der Waals surface area contributed by atoms with Gasteiger partial charge in [0.15, 0.2) is 5.82 Å². The standard InChI is InChI=1S/C24H35FN6O2/c1-26-23(33)9-12-30(17-32)24-21-4-3-20(15-22(21)28(2)27-24)19-7-10-29(11-8-19)16-18-5-13-31(25)14-6-18/h3-4,15,17-19H,5-14,16H2,1-2H3,(H,26,33). The van der Waals surface area contributed by atoms with E-state index in [9.17, 15) is 14.1 Å². The number of benzene rings is 1. The van der Waals surface area contributed by atoms with E-state index in [2.05, 4.69) is 33.5 Å². The number of nitrogens with one attached hydrogen (secondary N) is 1. The summed E-state index contributed by atoms with van der Waals surface area (Å²) in [5.74, 6) is 1.60. The van der Waals surface area contributed by atoms with Gasteiger partial charge < -0.3 is 10.2 Å². The smallest absolute Gasteiger partial charge is 0.221 e. The van der Waals surface area contributed by atoms with Crippen LogP contribution in [-0.2, 0) is 16.6 Å². The van der Waals surface area contributed by atoms with Crippen LogP contribution in [0.4, 0.5) is 10.3 Å². The molecule has 2 fully saturated rings. The Kier molecular flexibility index (Phi) is 7.60. The Hall–Kier alpha value is -2.52. The van der Waals surface area contributed by atoms with Crippen LogP contribution in [-0.4, -0.2) is 78.4 Å². The van der Waals surface area contributed by atoms with Crippen LogP contribution in [0.1, 0.15) is 43.6 Å². The number of rotatable bonds is 8. The molecule has 1 aromatic heterocycles. The average molecular weight is 459 g/mol. The number of likely N-dealkylation sites (tertiary alicyclic amines) is 1. The number of piperidine rings is 2. The van der Waals surface area contributed by atoms with E-state index in [1.165, 1.54) is 10.5 Å². The highest BCUT2D eigenvalue weighted by Gasteiger charge is 2.26. The molecule has 33 heavy (non-hydrogen) atoms. The fourth-order valence-corrected chi connectivity index (χ4v) is 5.17. The van der Waals surface area contributed by atoms with Crippen LogP contribution in [0.25, 0.3) is 10.9 Å². The predicted octanol–water partition coefficient (Wildman–Crippen LogP) is 2.45. The number of nitrogens with zero attached hydrogens (tertiary/aromatic N) is 5. The van der Waals surface area contributed by atoms with E-state index >= 15 is 0 Å². The monoisotopic (exact) mass is 458 g/mol. The van der Waals surface area contributed by atoms with Crippen molar-refractivity contribution in [3.8, 4) is 0 Å². The first-order chi connectivity index (χ1) is 16.0. The first-order valence-electron chi connectivity index (χ1n) is 12.0. The van der Waals surface area contributed by atoms with Gasteiger partial charge in [0.05, 0.1) is 5.52 Å². The lowest BCUT2D eigenvalue weighted by molar-refractivity contribution is -0.120. The van der Waals surface area contributed by atoms with Crippen LogP contribution in [0.5, 0.6) is 0 Å². The third-order valence-corrected chi connectivity index (χ3v) is 7.25. The minimum absolute atomic E-state index is 0.108. The SMILES string of the molecule is CNC(=O)CCN(C=O)c1nn(C)c2cc(C3CCN(CC4CCN(F)CC4)CC3)ccc12. The molecular formula is C24H35FN6O2. The maximum absolute atomic E-state index is 13.2. The molecule has 0 radical (unpaired) electrons. The van der Waals surface area contributed by atoms with Crippen LogP contribution < -0.4 is 10.2 Å².